The zero-order chi connectivity index (χ0) is 9.68. The van der Waals surface area contributed by atoms with Gasteiger partial charge in [-0.05, 0) is 31.2 Å². The zero-order valence-electron chi connectivity index (χ0n) is 7.58. The van der Waals surface area contributed by atoms with E-state index in [0.717, 1.165) is 5.69 Å². The first-order chi connectivity index (χ1) is 6.24. The Bertz CT molecular complexity index is 279. The van der Waals surface area contributed by atoms with E-state index in [2.05, 4.69) is 5.32 Å². The number of Topliss-reactive ketones (excluding diaryl/α,β-unsaturated/α-hetero) is 1. The highest BCUT2D eigenvalue weighted by Gasteiger charge is 1.97. The van der Waals surface area contributed by atoms with Crippen molar-refractivity contribution in [2.45, 2.75) is 6.92 Å². The molecule has 0 radical (unpaired) electrons. The number of benzene rings is 1. The Morgan fingerprint density at radius 1 is 1.38 bits per heavy atom. The number of carbonyl (C=O) groups is 1. The molecule has 13 heavy (non-hydrogen) atoms. The average Bonchev–Trinajstić information content (AvgIpc) is 2.15. The fourth-order valence-electron chi connectivity index (χ4n) is 1.02. The van der Waals surface area contributed by atoms with Gasteiger partial charge in [-0.15, -0.1) is 0 Å². The fourth-order valence-corrected chi connectivity index (χ4v) is 1.02. The SMILES string of the molecule is CC(=O)c1ccc(NCCO)cc1. The van der Waals surface area contributed by atoms with Crippen LogP contribution in [-0.4, -0.2) is 24.0 Å². The van der Waals surface area contributed by atoms with E-state index in [1.54, 1.807) is 12.1 Å². The minimum absolute atomic E-state index is 0.0636. The van der Waals surface area contributed by atoms with E-state index in [4.69, 9.17) is 5.11 Å². The van der Waals surface area contributed by atoms with Crippen LogP contribution < -0.4 is 5.32 Å². The fraction of sp³-hybridized carbons (Fsp3) is 0.300. The predicted octanol–water partition coefficient (Wildman–Crippen LogP) is 1.29. The van der Waals surface area contributed by atoms with Crippen LogP contribution in [0.15, 0.2) is 24.3 Å². The summed E-state index contributed by atoms with van der Waals surface area (Å²) < 4.78 is 0. The highest BCUT2D eigenvalue weighted by Crippen LogP contribution is 2.09. The van der Waals surface area contributed by atoms with Gasteiger partial charge in [-0.1, -0.05) is 0 Å². The lowest BCUT2D eigenvalue weighted by molar-refractivity contribution is 0.101. The van der Waals surface area contributed by atoms with Gasteiger partial charge in [0.05, 0.1) is 6.61 Å². The Balaban J connectivity index is 2.64. The lowest BCUT2D eigenvalue weighted by atomic mass is 10.1. The van der Waals surface area contributed by atoms with Gasteiger partial charge in [-0.25, -0.2) is 0 Å². The van der Waals surface area contributed by atoms with Crippen LogP contribution in [0.4, 0.5) is 5.69 Å². The number of nitrogens with one attached hydrogen (secondary N) is 1. The van der Waals surface area contributed by atoms with Gasteiger partial charge in [0.1, 0.15) is 0 Å². The summed E-state index contributed by atoms with van der Waals surface area (Å²) in [5.41, 5.74) is 1.62. The molecule has 1 aromatic rings. The Morgan fingerprint density at radius 3 is 2.46 bits per heavy atom. The number of carbonyl (C=O) groups excluding carboxylic acids is 1. The maximum Gasteiger partial charge on any atom is 0.159 e. The summed E-state index contributed by atoms with van der Waals surface area (Å²) in [6.07, 6.45) is 0. The van der Waals surface area contributed by atoms with Gasteiger partial charge in [-0.2, -0.15) is 0 Å². The van der Waals surface area contributed by atoms with Crippen LogP contribution in [-0.2, 0) is 0 Å². The van der Waals surface area contributed by atoms with Crippen molar-refractivity contribution in [1.82, 2.24) is 0 Å². The highest BCUT2D eigenvalue weighted by atomic mass is 16.3. The van der Waals surface area contributed by atoms with Crippen LogP contribution in [0.25, 0.3) is 0 Å². The normalized spacial score (nSPS) is 9.69. The van der Waals surface area contributed by atoms with Crippen LogP contribution in [0.2, 0.25) is 0 Å². The molecular formula is C10H13NO2. The Morgan fingerprint density at radius 2 is 2.00 bits per heavy atom. The molecule has 0 saturated heterocycles. The quantitative estimate of drug-likeness (QED) is 0.685. The third-order valence-corrected chi connectivity index (χ3v) is 1.73. The maximum absolute atomic E-state index is 10.9. The van der Waals surface area contributed by atoms with Crippen LogP contribution >= 0.6 is 0 Å². The van der Waals surface area contributed by atoms with Crippen molar-refractivity contribution < 1.29 is 9.90 Å². The van der Waals surface area contributed by atoms with Gasteiger partial charge < -0.3 is 10.4 Å². The molecule has 0 aliphatic carbocycles. The van der Waals surface area contributed by atoms with Crippen LogP contribution in [0, 0.1) is 0 Å². The minimum atomic E-state index is 0.0636. The van der Waals surface area contributed by atoms with E-state index in [1.165, 1.54) is 6.92 Å². The number of ketones is 1. The number of anilines is 1. The molecule has 0 bridgehead atoms. The number of hydrogen-bond acceptors (Lipinski definition) is 3. The smallest absolute Gasteiger partial charge is 0.159 e. The van der Waals surface area contributed by atoms with Crippen molar-refractivity contribution >= 4 is 11.5 Å². The Hall–Kier alpha value is -1.35. The maximum atomic E-state index is 10.9. The molecular weight excluding hydrogens is 166 g/mol. The second-order valence-corrected chi connectivity index (χ2v) is 2.78. The van der Waals surface area contributed by atoms with Crippen molar-refractivity contribution in [2.75, 3.05) is 18.5 Å². The molecule has 0 aromatic heterocycles. The lowest BCUT2D eigenvalue weighted by Gasteiger charge is -2.03. The minimum Gasteiger partial charge on any atom is -0.395 e. The molecule has 0 amide bonds. The van der Waals surface area contributed by atoms with Crippen molar-refractivity contribution in [1.29, 1.82) is 0 Å². The zero-order valence-corrected chi connectivity index (χ0v) is 7.58. The first-order valence-corrected chi connectivity index (χ1v) is 4.20. The first-order valence-electron chi connectivity index (χ1n) is 4.20. The Labute approximate surface area is 77.4 Å². The second-order valence-electron chi connectivity index (χ2n) is 2.78. The summed E-state index contributed by atoms with van der Waals surface area (Å²) in [6, 6.07) is 7.18. The molecule has 0 aliphatic rings. The third-order valence-electron chi connectivity index (χ3n) is 1.73. The molecule has 2 N–H and O–H groups in total. The molecule has 70 valence electrons. The van der Waals surface area contributed by atoms with E-state index in [-0.39, 0.29) is 12.4 Å². The monoisotopic (exact) mass is 179 g/mol. The standard InChI is InChI=1S/C10H13NO2/c1-8(13)9-2-4-10(5-3-9)11-6-7-12/h2-5,11-12H,6-7H2,1H3. The van der Waals surface area contributed by atoms with Crippen LogP contribution in [0.3, 0.4) is 0 Å². The van der Waals surface area contributed by atoms with E-state index in [9.17, 15) is 4.79 Å². The average molecular weight is 179 g/mol. The van der Waals surface area contributed by atoms with Gasteiger partial charge in [0.25, 0.3) is 0 Å². The predicted molar refractivity (Wildman–Crippen MR) is 52.0 cm³/mol. The van der Waals surface area contributed by atoms with E-state index >= 15 is 0 Å². The van der Waals surface area contributed by atoms with Crippen molar-refractivity contribution in [3.63, 3.8) is 0 Å². The van der Waals surface area contributed by atoms with Crippen molar-refractivity contribution in [2.24, 2.45) is 0 Å². The molecule has 0 spiro atoms. The molecule has 0 saturated carbocycles. The lowest BCUT2D eigenvalue weighted by Crippen LogP contribution is -2.05. The molecule has 3 nitrogen and oxygen atoms in total. The first kappa shape index (κ1) is 9.74. The van der Waals surface area contributed by atoms with Gasteiger partial charge >= 0.3 is 0 Å². The number of hydrogen-bond donors (Lipinski definition) is 2. The second kappa shape index (κ2) is 4.62. The van der Waals surface area contributed by atoms with E-state index < -0.39 is 0 Å². The summed E-state index contributed by atoms with van der Waals surface area (Å²) in [4.78, 5) is 10.9. The highest BCUT2D eigenvalue weighted by molar-refractivity contribution is 5.94. The van der Waals surface area contributed by atoms with Gasteiger partial charge in [-0.3, -0.25) is 4.79 Å². The molecule has 3 heteroatoms. The van der Waals surface area contributed by atoms with Crippen molar-refractivity contribution in [3.8, 4) is 0 Å². The van der Waals surface area contributed by atoms with Gasteiger partial charge in [0.15, 0.2) is 5.78 Å². The van der Waals surface area contributed by atoms with Crippen LogP contribution in [0.1, 0.15) is 17.3 Å². The number of aliphatic hydroxyl groups excluding tert-OH is 1. The van der Waals surface area contributed by atoms with E-state index in [1.807, 2.05) is 12.1 Å². The third kappa shape index (κ3) is 2.87. The number of rotatable bonds is 4. The summed E-state index contributed by atoms with van der Waals surface area (Å²) >= 11 is 0. The summed E-state index contributed by atoms with van der Waals surface area (Å²) in [5.74, 6) is 0.0636. The van der Waals surface area contributed by atoms with Crippen molar-refractivity contribution in [3.05, 3.63) is 29.8 Å². The van der Waals surface area contributed by atoms with E-state index in [0.29, 0.717) is 12.1 Å². The molecule has 1 aromatic carbocycles. The molecule has 0 aliphatic heterocycles. The summed E-state index contributed by atoms with van der Waals surface area (Å²) in [6.45, 7) is 2.17. The topological polar surface area (TPSA) is 49.3 Å². The number of aliphatic hydroxyl groups is 1. The largest absolute Gasteiger partial charge is 0.395 e. The summed E-state index contributed by atoms with van der Waals surface area (Å²) in [5, 5.41) is 11.6. The van der Waals surface area contributed by atoms with Crippen LogP contribution in [0.5, 0.6) is 0 Å². The van der Waals surface area contributed by atoms with Gasteiger partial charge in [0, 0.05) is 17.8 Å². The molecule has 1 rings (SSSR count). The molecule has 0 fully saturated rings. The molecule has 0 heterocycles. The summed E-state index contributed by atoms with van der Waals surface area (Å²) in [7, 11) is 0. The molecule has 0 unspecified atom stereocenters. The van der Waals surface area contributed by atoms with Gasteiger partial charge in [0.2, 0.25) is 0 Å². The molecule has 0 atom stereocenters. The Kier molecular flexibility index (Phi) is 3.46.